The number of nitrogens with zero attached hydrogens (tertiary/aromatic N) is 4. The third-order valence-corrected chi connectivity index (χ3v) is 6.22. The Kier molecular flexibility index (Phi) is 9.76. The largest absolute Gasteiger partial charge is 0.494 e. The molecule has 8 nitrogen and oxygen atoms in total. The van der Waals surface area contributed by atoms with Gasteiger partial charge in [0.15, 0.2) is 0 Å². The molecule has 1 heterocycles. The average molecular weight is 535 g/mol. The first-order valence-corrected chi connectivity index (χ1v) is 12.5. The van der Waals surface area contributed by atoms with Crippen molar-refractivity contribution < 1.29 is 9.53 Å². The van der Waals surface area contributed by atoms with Crippen LogP contribution >= 0.6 is 11.6 Å². The Morgan fingerprint density at radius 2 is 1.92 bits per heavy atom. The molecule has 38 heavy (non-hydrogen) atoms. The van der Waals surface area contributed by atoms with Crippen molar-refractivity contribution in [3.05, 3.63) is 79.1 Å². The number of ether oxygens (including phenoxy) is 1. The molecule has 3 rings (SSSR count). The zero-order valence-corrected chi connectivity index (χ0v) is 23.3. The molecular weight excluding hydrogens is 500 g/mol. The van der Waals surface area contributed by atoms with Gasteiger partial charge in [-0.3, -0.25) is 4.79 Å². The fourth-order valence-corrected chi connectivity index (χ4v) is 4.06. The number of anilines is 3. The summed E-state index contributed by atoms with van der Waals surface area (Å²) in [5, 5.41) is 7.83. The average Bonchev–Trinajstić information content (AvgIpc) is 3.33. The van der Waals surface area contributed by atoms with Crippen LogP contribution in [-0.2, 0) is 4.79 Å². The Balaban J connectivity index is 1.83. The number of fused-ring (bicyclic) bond motifs is 1. The van der Waals surface area contributed by atoms with Crippen molar-refractivity contribution in [2.24, 2.45) is 4.99 Å². The predicted octanol–water partition coefficient (Wildman–Crippen LogP) is 5.94. The number of benzene rings is 2. The van der Waals surface area contributed by atoms with E-state index in [2.05, 4.69) is 38.6 Å². The summed E-state index contributed by atoms with van der Waals surface area (Å²) in [5.74, 6) is 0.948. The number of amidine groups is 1. The highest BCUT2D eigenvalue weighted by atomic mass is 35.5. The summed E-state index contributed by atoms with van der Waals surface area (Å²) in [6, 6.07) is 11.5. The molecule has 0 radical (unpaired) electrons. The zero-order chi connectivity index (χ0) is 27.8. The highest BCUT2D eigenvalue weighted by Crippen LogP contribution is 2.37. The number of methoxy groups -OCH3 is 1. The van der Waals surface area contributed by atoms with E-state index >= 15 is 0 Å². The molecule has 200 valence electrons. The third kappa shape index (κ3) is 7.06. The number of rotatable bonds is 11. The highest BCUT2D eigenvalue weighted by molar-refractivity contribution is 6.35. The molecule has 1 amide bonds. The van der Waals surface area contributed by atoms with E-state index in [-0.39, 0.29) is 5.91 Å². The van der Waals surface area contributed by atoms with E-state index in [1.807, 2.05) is 81.3 Å². The van der Waals surface area contributed by atoms with Crippen LogP contribution in [0.1, 0.15) is 6.92 Å². The second-order valence-corrected chi connectivity index (χ2v) is 9.40. The highest BCUT2D eigenvalue weighted by Gasteiger charge is 2.16. The van der Waals surface area contributed by atoms with Crippen molar-refractivity contribution in [1.29, 1.82) is 0 Å². The molecule has 0 unspecified atom stereocenters. The summed E-state index contributed by atoms with van der Waals surface area (Å²) in [5.41, 5.74) is 3.84. The molecule has 0 atom stereocenters. The normalized spacial score (nSPS) is 11.7. The second kappa shape index (κ2) is 13.0. The first kappa shape index (κ1) is 28.6. The summed E-state index contributed by atoms with van der Waals surface area (Å²) in [7, 11) is 7.62. The van der Waals surface area contributed by atoms with Gasteiger partial charge >= 0.3 is 0 Å². The van der Waals surface area contributed by atoms with Crippen LogP contribution in [0.2, 0.25) is 5.02 Å². The monoisotopic (exact) mass is 534 g/mol. The van der Waals surface area contributed by atoms with E-state index in [9.17, 15) is 4.79 Å². The summed E-state index contributed by atoms with van der Waals surface area (Å²) in [6.07, 6.45) is 6.67. The van der Waals surface area contributed by atoms with Gasteiger partial charge in [0.2, 0.25) is 5.91 Å². The van der Waals surface area contributed by atoms with Gasteiger partial charge in [-0.05, 0) is 57.4 Å². The van der Waals surface area contributed by atoms with E-state index in [1.54, 1.807) is 13.3 Å². The number of aromatic nitrogens is 1. The van der Waals surface area contributed by atoms with Gasteiger partial charge in [0, 0.05) is 54.7 Å². The van der Waals surface area contributed by atoms with Crippen molar-refractivity contribution in [3.63, 3.8) is 0 Å². The molecule has 0 saturated carbocycles. The molecule has 0 spiro atoms. The standard InChI is InChI=1S/C29H35ClN6O2/c1-8-29(37)33-24-18-25(28(38-7)19-27(24)35(6)17-16-34(4)5)32-21(3)31-14-12-20(2)36-15-13-22-23(30)10-9-11-26(22)36/h8-15,18-19H,1-2,16-17H2,3-7H3,(H,31,32)(H,33,37)/b14-12-. The number of halogens is 1. The minimum absolute atomic E-state index is 0.297. The topological polar surface area (TPSA) is 74.1 Å². The van der Waals surface area contributed by atoms with Crippen LogP contribution in [0.15, 0.2) is 79.1 Å². The number of likely N-dealkylation sites (N-methyl/N-ethyl adjacent to an activating group) is 2. The van der Waals surface area contributed by atoms with Crippen molar-refractivity contribution in [2.75, 3.05) is 56.9 Å². The molecule has 0 aliphatic heterocycles. The van der Waals surface area contributed by atoms with Crippen LogP contribution in [-0.4, -0.2) is 62.6 Å². The lowest BCUT2D eigenvalue weighted by Crippen LogP contribution is -2.29. The number of hydrogen-bond acceptors (Lipinski definition) is 5. The van der Waals surface area contributed by atoms with Gasteiger partial charge < -0.3 is 29.7 Å². The van der Waals surface area contributed by atoms with Crippen molar-refractivity contribution in [2.45, 2.75) is 6.92 Å². The van der Waals surface area contributed by atoms with Crippen LogP contribution in [0, 0.1) is 0 Å². The molecule has 2 N–H and O–H groups in total. The smallest absolute Gasteiger partial charge is 0.247 e. The Labute approximate surface area is 229 Å². The van der Waals surface area contributed by atoms with Gasteiger partial charge in [-0.25, -0.2) is 4.99 Å². The molecule has 0 saturated heterocycles. The number of hydrogen-bond donors (Lipinski definition) is 2. The summed E-state index contributed by atoms with van der Waals surface area (Å²) < 4.78 is 7.61. The maximum atomic E-state index is 12.2. The molecular formula is C29H35ClN6O2. The predicted molar refractivity (Wildman–Crippen MR) is 162 cm³/mol. The molecule has 3 aromatic rings. The van der Waals surface area contributed by atoms with Crippen molar-refractivity contribution >= 4 is 57.0 Å². The maximum absolute atomic E-state index is 12.2. The summed E-state index contributed by atoms with van der Waals surface area (Å²) in [6.45, 7) is 11.2. The molecule has 0 bridgehead atoms. The van der Waals surface area contributed by atoms with Crippen LogP contribution in [0.4, 0.5) is 17.1 Å². The molecule has 0 fully saturated rings. The number of amides is 1. The van der Waals surface area contributed by atoms with Crippen molar-refractivity contribution in [1.82, 2.24) is 9.47 Å². The molecule has 9 heteroatoms. The molecule has 0 aliphatic rings. The minimum atomic E-state index is -0.297. The Morgan fingerprint density at radius 1 is 1.16 bits per heavy atom. The van der Waals surface area contributed by atoms with E-state index in [0.717, 1.165) is 35.4 Å². The SMILES string of the molecule is C=CC(=O)Nc1cc(NC(C)=N/C=C\C(=C)n2ccc3c(Cl)cccc32)c(OC)cc1N(C)CCN(C)C. The van der Waals surface area contributed by atoms with Gasteiger partial charge in [0.1, 0.15) is 11.6 Å². The van der Waals surface area contributed by atoms with Gasteiger partial charge in [0.25, 0.3) is 0 Å². The molecule has 1 aromatic heterocycles. The number of carbonyl (C=O) groups is 1. The number of allylic oxidation sites excluding steroid dienone is 2. The van der Waals surface area contributed by atoms with Gasteiger partial charge in [-0.1, -0.05) is 30.8 Å². The van der Waals surface area contributed by atoms with Crippen molar-refractivity contribution in [3.8, 4) is 5.75 Å². The lowest BCUT2D eigenvalue weighted by Gasteiger charge is -2.26. The lowest BCUT2D eigenvalue weighted by atomic mass is 10.2. The fourth-order valence-electron chi connectivity index (χ4n) is 3.83. The van der Waals surface area contributed by atoms with Gasteiger partial charge in [0.05, 0.1) is 29.7 Å². The van der Waals surface area contributed by atoms with Crippen LogP contribution in [0.5, 0.6) is 5.75 Å². The number of aliphatic imine (C=N–C) groups is 1. The number of nitrogens with one attached hydrogen (secondary N) is 2. The van der Waals surface area contributed by atoms with Gasteiger partial charge in [-0.15, -0.1) is 0 Å². The van der Waals surface area contributed by atoms with Crippen LogP contribution in [0.25, 0.3) is 16.6 Å². The van der Waals surface area contributed by atoms with E-state index < -0.39 is 0 Å². The maximum Gasteiger partial charge on any atom is 0.247 e. The third-order valence-electron chi connectivity index (χ3n) is 5.89. The Bertz CT molecular complexity index is 1390. The van der Waals surface area contributed by atoms with E-state index in [4.69, 9.17) is 16.3 Å². The zero-order valence-electron chi connectivity index (χ0n) is 22.6. The van der Waals surface area contributed by atoms with Crippen LogP contribution < -0.4 is 20.3 Å². The number of carbonyl (C=O) groups excluding carboxylic acids is 1. The minimum Gasteiger partial charge on any atom is -0.494 e. The Hall–Kier alpha value is -4.01. The molecule has 2 aromatic carbocycles. The first-order valence-electron chi connectivity index (χ1n) is 12.1. The quantitative estimate of drug-likeness (QED) is 0.138. The lowest BCUT2D eigenvalue weighted by molar-refractivity contribution is -0.111. The van der Waals surface area contributed by atoms with Gasteiger partial charge in [-0.2, -0.15) is 0 Å². The first-order chi connectivity index (χ1) is 18.1. The van der Waals surface area contributed by atoms with E-state index in [0.29, 0.717) is 28.0 Å². The second-order valence-electron chi connectivity index (χ2n) is 8.99. The Morgan fingerprint density at radius 3 is 2.61 bits per heavy atom. The van der Waals surface area contributed by atoms with E-state index in [1.165, 1.54) is 6.08 Å². The summed E-state index contributed by atoms with van der Waals surface area (Å²) in [4.78, 5) is 20.8. The molecule has 0 aliphatic carbocycles. The summed E-state index contributed by atoms with van der Waals surface area (Å²) >= 11 is 6.29. The van der Waals surface area contributed by atoms with Crippen LogP contribution in [0.3, 0.4) is 0 Å². The fraction of sp³-hybridized carbons (Fsp3) is 0.241.